The average Bonchev–Trinajstić information content (AvgIpc) is 2.50. The van der Waals surface area contributed by atoms with Crippen molar-refractivity contribution in [1.29, 1.82) is 0 Å². The molecule has 0 radical (unpaired) electrons. The first-order valence-electron chi connectivity index (χ1n) is 5.52. The van der Waals surface area contributed by atoms with Crippen LogP contribution in [0.1, 0.15) is 24.7 Å². The van der Waals surface area contributed by atoms with E-state index < -0.39 is 9.05 Å². The highest BCUT2D eigenvalue weighted by Crippen LogP contribution is 2.22. The van der Waals surface area contributed by atoms with Crippen molar-refractivity contribution >= 4 is 25.6 Å². The summed E-state index contributed by atoms with van der Waals surface area (Å²) < 4.78 is 24.1. The smallest absolute Gasteiger partial charge is 0.264 e. The van der Waals surface area contributed by atoms with E-state index in [1.54, 1.807) is 13.8 Å². The molecule has 1 heterocycles. The lowest BCUT2D eigenvalue weighted by molar-refractivity contribution is -0.121. The van der Waals surface area contributed by atoms with Crippen LogP contribution in [0.4, 0.5) is 0 Å². The lowest BCUT2D eigenvalue weighted by Crippen LogP contribution is -2.28. The van der Waals surface area contributed by atoms with E-state index in [0.717, 1.165) is 6.42 Å². The van der Waals surface area contributed by atoms with E-state index in [2.05, 4.69) is 10.4 Å². The normalized spacial score (nSPS) is 11.6. The van der Waals surface area contributed by atoms with Crippen LogP contribution in [0.5, 0.6) is 0 Å². The van der Waals surface area contributed by atoms with Gasteiger partial charge in [-0.05, 0) is 20.3 Å². The monoisotopic (exact) mass is 293 g/mol. The van der Waals surface area contributed by atoms with Crippen LogP contribution in [0.15, 0.2) is 4.90 Å². The van der Waals surface area contributed by atoms with Crippen LogP contribution in [-0.2, 0) is 20.4 Å². The molecule has 0 unspecified atom stereocenters. The highest BCUT2D eigenvalue weighted by molar-refractivity contribution is 8.13. The van der Waals surface area contributed by atoms with E-state index in [9.17, 15) is 13.2 Å². The Morgan fingerprint density at radius 3 is 2.50 bits per heavy atom. The minimum atomic E-state index is -3.84. The standard InChI is InChI=1S/C10H16ClN3O3S/c1-4-5-12-9(15)6-14-8(3)10(7(2)13-14)18(11,16)17/h4-6H2,1-3H3,(H,12,15). The minimum absolute atomic E-state index is 0.0148. The molecular formula is C10H16ClN3O3S. The number of carbonyl (C=O) groups excluding carboxylic acids is 1. The molecule has 8 heteroatoms. The van der Waals surface area contributed by atoms with Gasteiger partial charge in [-0.15, -0.1) is 0 Å². The first-order chi connectivity index (χ1) is 8.27. The van der Waals surface area contributed by atoms with Gasteiger partial charge in [0.05, 0.1) is 11.4 Å². The van der Waals surface area contributed by atoms with Gasteiger partial charge in [0.15, 0.2) is 0 Å². The van der Waals surface area contributed by atoms with Crippen molar-refractivity contribution in [1.82, 2.24) is 15.1 Å². The van der Waals surface area contributed by atoms with Crippen LogP contribution < -0.4 is 5.32 Å². The Hall–Kier alpha value is -1.08. The number of aryl methyl sites for hydroxylation is 1. The molecule has 0 aromatic carbocycles. The van der Waals surface area contributed by atoms with Crippen LogP contribution >= 0.6 is 10.7 Å². The van der Waals surface area contributed by atoms with Crippen molar-refractivity contribution in [2.24, 2.45) is 0 Å². The Balaban J connectivity index is 2.97. The van der Waals surface area contributed by atoms with Crippen LogP contribution in [0.2, 0.25) is 0 Å². The lowest BCUT2D eigenvalue weighted by Gasteiger charge is -2.05. The van der Waals surface area contributed by atoms with Crippen molar-refractivity contribution in [3.05, 3.63) is 11.4 Å². The molecule has 0 saturated heterocycles. The maximum absolute atomic E-state index is 11.5. The molecule has 1 aromatic heterocycles. The number of hydrogen-bond acceptors (Lipinski definition) is 4. The second kappa shape index (κ2) is 5.71. The summed E-state index contributed by atoms with van der Waals surface area (Å²) >= 11 is 0. The molecule has 0 aliphatic heterocycles. The van der Waals surface area contributed by atoms with Crippen LogP contribution in [0.25, 0.3) is 0 Å². The van der Waals surface area contributed by atoms with E-state index in [0.29, 0.717) is 17.9 Å². The fraction of sp³-hybridized carbons (Fsp3) is 0.600. The number of hydrogen-bond donors (Lipinski definition) is 1. The molecule has 0 saturated carbocycles. The van der Waals surface area contributed by atoms with E-state index in [1.807, 2.05) is 6.92 Å². The van der Waals surface area contributed by atoms with Gasteiger partial charge in [-0.1, -0.05) is 6.92 Å². The second-order valence-corrected chi connectivity index (χ2v) is 6.45. The topological polar surface area (TPSA) is 81.1 Å². The van der Waals surface area contributed by atoms with Crippen molar-refractivity contribution in [3.8, 4) is 0 Å². The molecule has 18 heavy (non-hydrogen) atoms. The van der Waals surface area contributed by atoms with Crippen LogP contribution in [0.3, 0.4) is 0 Å². The molecule has 0 fully saturated rings. The number of rotatable bonds is 5. The van der Waals surface area contributed by atoms with Gasteiger partial charge >= 0.3 is 0 Å². The summed E-state index contributed by atoms with van der Waals surface area (Å²) in [6.07, 6.45) is 0.837. The summed E-state index contributed by atoms with van der Waals surface area (Å²) in [5.41, 5.74) is 0.667. The molecule has 0 spiro atoms. The van der Waals surface area contributed by atoms with E-state index in [1.165, 1.54) is 4.68 Å². The predicted octanol–water partition coefficient (Wildman–Crippen LogP) is 0.954. The Kier molecular flexibility index (Phi) is 4.75. The highest BCUT2D eigenvalue weighted by Gasteiger charge is 2.23. The molecule has 1 aromatic rings. The zero-order chi connectivity index (χ0) is 13.9. The van der Waals surface area contributed by atoms with Gasteiger partial charge in [0.25, 0.3) is 9.05 Å². The molecule has 0 atom stereocenters. The SMILES string of the molecule is CCCNC(=O)Cn1nc(C)c(S(=O)(=O)Cl)c1C. The number of amides is 1. The first kappa shape index (κ1) is 15.0. The first-order valence-corrected chi connectivity index (χ1v) is 7.83. The van der Waals surface area contributed by atoms with Gasteiger partial charge in [0.2, 0.25) is 5.91 Å². The van der Waals surface area contributed by atoms with Crippen molar-refractivity contribution < 1.29 is 13.2 Å². The number of aromatic nitrogens is 2. The van der Waals surface area contributed by atoms with Crippen molar-refractivity contribution in [3.63, 3.8) is 0 Å². The Labute approximate surface area is 111 Å². The lowest BCUT2D eigenvalue weighted by atomic mass is 10.4. The third-order valence-corrected chi connectivity index (χ3v) is 3.97. The molecule has 0 bridgehead atoms. The van der Waals surface area contributed by atoms with E-state index >= 15 is 0 Å². The number of halogens is 1. The van der Waals surface area contributed by atoms with Gasteiger partial charge in [-0.3, -0.25) is 9.48 Å². The van der Waals surface area contributed by atoms with Crippen molar-refractivity contribution in [2.45, 2.75) is 38.6 Å². The van der Waals surface area contributed by atoms with E-state index in [4.69, 9.17) is 10.7 Å². The number of nitrogens with one attached hydrogen (secondary N) is 1. The van der Waals surface area contributed by atoms with Gasteiger partial charge in [0, 0.05) is 17.2 Å². The molecule has 0 aliphatic rings. The van der Waals surface area contributed by atoms with Gasteiger partial charge in [-0.2, -0.15) is 5.10 Å². The number of carbonyl (C=O) groups is 1. The maximum Gasteiger partial charge on any atom is 0.264 e. The van der Waals surface area contributed by atoms with Gasteiger partial charge in [0.1, 0.15) is 11.4 Å². The quantitative estimate of drug-likeness (QED) is 0.820. The molecule has 1 rings (SSSR count). The predicted molar refractivity (Wildman–Crippen MR) is 68.0 cm³/mol. The summed E-state index contributed by atoms with van der Waals surface area (Å²) in [5.74, 6) is -0.207. The molecule has 102 valence electrons. The van der Waals surface area contributed by atoms with Crippen LogP contribution in [0, 0.1) is 13.8 Å². The van der Waals surface area contributed by atoms with E-state index in [-0.39, 0.29) is 17.3 Å². The zero-order valence-corrected chi connectivity index (χ0v) is 12.1. The summed E-state index contributed by atoms with van der Waals surface area (Å²) in [7, 11) is 1.48. The summed E-state index contributed by atoms with van der Waals surface area (Å²) in [4.78, 5) is 11.5. The third kappa shape index (κ3) is 3.46. The van der Waals surface area contributed by atoms with Gasteiger partial charge < -0.3 is 5.32 Å². The average molecular weight is 294 g/mol. The fourth-order valence-electron chi connectivity index (χ4n) is 1.64. The third-order valence-electron chi connectivity index (χ3n) is 2.42. The molecule has 6 nitrogen and oxygen atoms in total. The minimum Gasteiger partial charge on any atom is -0.355 e. The Morgan fingerprint density at radius 1 is 1.44 bits per heavy atom. The number of nitrogens with zero attached hydrogens (tertiary/aromatic N) is 2. The summed E-state index contributed by atoms with van der Waals surface area (Å²) in [6.45, 7) is 5.63. The Morgan fingerprint density at radius 2 is 2.06 bits per heavy atom. The maximum atomic E-state index is 11.5. The zero-order valence-electron chi connectivity index (χ0n) is 10.5. The Bertz CT molecular complexity index is 551. The highest BCUT2D eigenvalue weighted by atomic mass is 35.7. The molecule has 0 aliphatic carbocycles. The fourth-order valence-corrected chi connectivity index (χ4v) is 3.17. The van der Waals surface area contributed by atoms with Gasteiger partial charge in [-0.25, -0.2) is 8.42 Å². The molecule has 1 N–H and O–H groups in total. The summed E-state index contributed by atoms with van der Waals surface area (Å²) in [6, 6.07) is 0. The molecule has 1 amide bonds. The summed E-state index contributed by atoms with van der Waals surface area (Å²) in [5, 5.41) is 6.71. The van der Waals surface area contributed by atoms with Crippen LogP contribution in [-0.4, -0.2) is 30.7 Å². The van der Waals surface area contributed by atoms with Crippen molar-refractivity contribution in [2.75, 3.05) is 6.54 Å². The largest absolute Gasteiger partial charge is 0.355 e. The second-order valence-electron chi connectivity index (χ2n) is 3.95. The molecular weight excluding hydrogens is 278 g/mol.